The number of hydrogen-bond donors (Lipinski definition) is 1. The summed E-state index contributed by atoms with van der Waals surface area (Å²) in [7, 11) is 0. The van der Waals surface area contributed by atoms with E-state index in [2.05, 4.69) is 11.6 Å². The number of carbonyl (C=O) groups is 2. The van der Waals surface area contributed by atoms with E-state index in [4.69, 9.17) is 0 Å². The quantitative estimate of drug-likeness (QED) is 0.880. The topological polar surface area (TPSA) is 75.4 Å². The molecule has 0 aliphatic carbocycles. The summed E-state index contributed by atoms with van der Waals surface area (Å²) < 4.78 is 1.68. The Morgan fingerprint density at radius 2 is 2.14 bits per heavy atom. The van der Waals surface area contributed by atoms with Gasteiger partial charge in [-0.25, -0.2) is 9.78 Å². The van der Waals surface area contributed by atoms with Crippen molar-refractivity contribution in [2.24, 2.45) is 0 Å². The van der Waals surface area contributed by atoms with Crippen molar-refractivity contribution < 1.29 is 14.7 Å². The number of aromatic nitrogens is 2. The van der Waals surface area contributed by atoms with Crippen molar-refractivity contribution in [1.82, 2.24) is 14.5 Å². The highest BCUT2D eigenvalue weighted by Crippen LogP contribution is 2.26. The van der Waals surface area contributed by atoms with Crippen molar-refractivity contribution >= 4 is 11.9 Å². The van der Waals surface area contributed by atoms with Gasteiger partial charge in [0.15, 0.2) is 5.69 Å². The van der Waals surface area contributed by atoms with Gasteiger partial charge in [0, 0.05) is 6.54 Å². The molecule has 6 nitrogen and oxygen atoms in total. The first-order chi connectivity index (χ1) is 10.5. The van der Waals surface area contributed by atoms with Crippen molar-refractivity contribution in [3.05, 3.63) is 59.7 Å². The Morgan fingerprint density at radius 1 is 1.41 bits per heavy atom. The predicted octanol–water partition coefficient (Wildman–Crippen LogP) is 2.10. The molecule has 1 N–H and O–H groups in total. The van der Waals surface area contributed by atoms with E-state index >= 15 is 0 Å². The van der Waals surface area contributed by atoms with Gasteiger partial charge in [0.25, 0.3) is 5.91 Å². The van der Waals surface area contributed by atoms with E-state index in [1.54, 1.807) is 27.7 Å². The summed E-state index contributed by atoms with van der Waals surface area (Å²) in [4.78, 5) is 29.7. The molecule has 1 aromatic heterocycles. The van der Waals surface area contributed by atoms with Crippen LogP contribution in [0.4, 0.5) is 0 Å². The van der Waals surface area contributed by atoms with E-state index in [-0.39, 0.29) is 18.1 Å². The first-order valence-electron chi connectivity index (χ1n) is 6.81. The second-order valence-electron chi connectivity index (χ2n) is 5.35. The molecule has 0 spiro atoms. The average molecular weight is 297 g/mol. The number of aromatic carboxylic acids is 1. The Kier molecular flexibility index (Phi) is 3.29. The minimum atomic E-state index is -1.10. The molecule has 0 bridgehead atoms. The van der Waals surface area contributed by atoms with Gasteiger partial charge in [-0.2, -0.15) is 0 Å². The molecular weight excluding hydrogens is 282 g/mol. The zero-order chi connectivity index (χ0) is 15.9. The summed E-state index contributed by atoms with van der Waals surface area (Å²) in [5.74, 6) is -1.24. The number of carboxylic acid groups (broad SMARTS) is 1. The van der Waals surface area contributed by atoms with E-state index < -0.39 is 5.97 Å². The van der Waals surface area contributed by atoms with Gasteiger partial charge in [-0.15, -0.1) is 0 Å². The molecule has 0 unspecified atom stereocenters. The Bertz CT molecular complexity index is 792. The predicted molar refractivity (Wildman–Crippen MR) is 80.1 cm³/mol. The highest BCUT2D eigenvalue weighted by molar-refractivity contribution is 5.99. The lowest BCUT2D eigenvalue weighted by Gasteiger charge is -2.20. The number of hydrogen-bond acceptors (Lipinski definition) is 3. The molecule has 0 atom stereocenters. The number of carboxylic acids is 1. The minimum Gasteiger partial charge on any atom is -0.476 e. The summed E-state index contributed by atoms with van der Waals surface area (Å²) >= 11 is 0. The molecule has 1 aliphatic heterocycles. The number of rotatable bonds is 3. The molecule has 2 aromatic rings. The maximum atomic E-state index is 12.7. The van der Waals surface area contributed by atoms with Crippen LogP contribution >= 0.6 is 0 Å². The van der Waals surface area contributed by atoms with E-state index in [9.17, 15) is 14.7 Å². The monoisotopic (exact) mass is 297 g/mol. The first-order valence-corrected chi connectivity index (χ1v) is 6.81. The van der Waals surface area contributed by atoms with Gasteiger partial charge in [0.2, 0.25) is 0 Å². The van der Waals surface area contributed by atoms with Crippen LogP contribution in [0.3, 0.4) is 0 Å². The molecule has 1 aromatic carbocycles. The molecule has 3 rings (SSSR count). The molecule has 1 amide bonds. The van der Waals surface area contributed by atoms with Gasteiger partial charge >= 0.3 is 5.97 Å². The van der Waals surface area contributed by atoms with Crippen molar-refractivity contribution in [3.63, 3.8) is 0 Å². The van der Waals surface area contributed by atoms with E-state index in [1.807, 2.05) is 13.0 Å². The zero-order valence-corrected chi connectivity index (χ0v) is 12.1. The summed E-state index contributed by atoms with van der Waals surface area (Å²) in [5.41, 5.74) is 2.46. The van der Waals surface area contributed by atoms with Gasteiger partial charge in [-0.3, -0.25) is 9.36 Å². The molecule has 1 aliphatic rings. The third kappa shape index (κ3) is 2.18. The lowest BCUT2D eigenvalue weighted by Crippen LogP contribution is -2.31. The van der Waals surface area contributed by atoms with Gasteiger partial charge < -0.3 is 10.0 Å². The third-order valence-corrected chi connectivity index (χ3v) is 3.55. The van der Waals surface area contributed by atoms with Gasteiger partial charge in [0.05, 0.1) is 23.5 Å². The number of amides is 1. The molecule has 112 valence electrons. The molecule has 0 radical (unpaired) electrons. The molecular formula is C16H15N3O3. The fourth-order valence-corrected chi connectivity index (χ4v) is 2.65. The van der Waals surface area contributed by atoms with Crippen LogP contribution in [0.1, 0.15) is 33.5 Å². The second kappa shape index (κ2) is 5.14. The maximum Gasteiger partial charge on any atom is 0.356 e. The standard InChI is InChI=1S/C16H15N3O3/c1-10(2)7-18-8-13-14(16(21)22)17-9-19(13)12-6-4-3-5-11(12)15(18)20/h3-6,9H,1,7-8H2,2H3,(H,21,22). The third-order valence-electron chi connectivity index (χ3n) is 3.55. The summed E-state index contributed by atoms with van der Waals surface area (Å²) in [6.07, 6.45) is 1.45. The SMILES string of the molecule is C=C(C)CN1Cc2c(C(=O)O)ncn2-c2ccccc2C1=O. The molecule has 0 fully saturated rings. The second-order valence-corrected chi connectivity index (χ2v) is 5.35. The molecule has 0 saturated carbocycles. The normalized spacial score (nSPS) is 13.3. The zero-order valence-electron chi connectivity index (χ0n) is 12.1. The van der Waals surface area contributed by atoms with Gasteiger partial charge in [-0.1, -0.05) is 24.3 Å². The number of fused-ring (bicyclic) bond motifs is 3. The van der Waals surface area contributed by atoms with Crippen LogP contribution in [0.15, 0.2) is 42.7 Å². The number of para-hydroxylation sites is 1. The van der Waals surface area contributed by atoms with Crippen LogP contribution < -0.4 is 0 Å². The molecule has 0 saturated heterocycles. The van der Waals surface area contributed by atoms with Gasteiger partial charge in [-0.05, 0) is 19.1 Å². The van der Waals surface area contributed by atoms with Crippen LogP contribution in [0.5, 0.6) is 0 Å². The van der Waals surface area contributed by atoms with Crippen LogP contribution in [-0.4, -0.2) is 38.0 Å². The molecule has 22 heavy (non-hydrogen) atoms. The highest BCUT2D eigenvalue weighted by atomic mass is 16.4. The summed E-state index contributed by atoms with van der Waals surface area (Å²) in [6.45, 7) is 6.23. The number of imidazole rings is 1. The highest BCUT2D eigenvalue weighted by Gasteiger charge is 2.29. The lowest BCUT2D eigenvalue weighted by molar-refractivity contribution is 0.0680. The fraction of sp³-hybridized carbons (Fsp3) is 0.188. The van der Waals surface area contributed by atoms with E-state index in [1.165, 1.54) is 6.33 Å². The van der Waals surface area contributed by atoms with Gasteiger partial charge in [0.1, 0.15) is 6.33 Å². The molecule has 2 heterocycles. The fourth-order valence-electron chi connectivity index (χ4n) is 2.65. The summed E-state index contributed by atoms with van der Waals surface area (Å²) in [5, 5.41) is 9.31. The van der Waals surface area contributed by atoms with Crippen molar-refractivity contribution in [3.8, 4) is 5.69 Å². The largest absolute Gasteiger partial charge is 0.476 e. The van der Waals surface area contributed by atoms with E-state index in [0.717, 1.165) is 5.57 Å². The van der Waals surface area contributed by atoms with Crippen LogP contribution in [-0.2, 0) is 6.54 Å². The molecule has 6 heteroatoms. The maximum absolute atomic E-state index is 12.7. The van der Waals surface area contributed by atoms with E-state index in [0.29, 0.717) is 23.5 Å². The van der Waals surface area contributed by atoms with Crippen LogP contribution in [0.25, 0.3) is 5.69 Å². The Hall–Kier alpha value is -2.89. The Balaban J connectivity index is 2.22. The summed E-state index contributed by atoms with van der Waals surface area (Å²) in [6, 6.07) is 7.12. The first kappa shape index (κ1) is 14.1. The van der Waals surface area contributed by atoms with Crippen molar-refractivity contribution in [1.29, 1.82) is 0 Å². The van der Waals surface area contributed by atoms with Crippen LogP contribution in [0, 0.1) is 0 Å². The number of nitrogens with zero attached hydrogens (tertiary/aromatic N) is 3. The van der Waals surface area contributed by atoms with Crippen molar-refractivity contribution in [2.45, 2.75) is 13.5 Å². The van der Waals surface area contributed by atoms with Crippen LogP contribution in [0.2, 0.25) is 0 Å². The van der Waals surface area contributed by atoms with Crippen molar-refractivity contribution in [2.75, 3.05) is 6.54 Å². The smallest absolute Gasteiger partial charge is 0.356 e. The number of benzene rings is 1. The lowest BCUT2D eigenvalue weighted by atomic mass is 10.1. The minimum absolute atomic E-state index is 0.0313. The number of carbonyl (C=O) groups excluding carboxylic acids is 1. The average Bonchev–Trinajstić information content (AvgIpc) is 2.84. The Labute approximate surface area is 127 Å². The Morgan fingerprint density at radius 3 is 2.82 bits per heavy atom.